The Bertz CT molecular complexity index is 559. The molecule has 0 aliphatic carbocycles. The van der Waals surface area contributed by atoms with Crippen molar-refractivity contribution in [3.05, 3.63) is 23.3 Å². The Morgan fingerprint density at radius 2 is 2.28 bits per heavy atom. The van der Waals surface area contributed by atoms with Crippen molar-refractivity contribution in [1.29, 1.82) is 0 Å². The monoisotopic (exact) mass is 247 g/mol. The SMILES string of the molecule is Cc1ccc2nn(C3CCCCO3)nc2c1CO. The van der Waals surface area contributed by atoms with E-state index in [-0.39, 0.29) is 12.8 Å². The van der Waals surface area contributed by atoms with Crippen LogP contribution in [0.25, 0.3) is 11.0 Å². The van der Waals surface area contributed by atoms with Gasteiger partial charge in [-0.25, -0.2) is 0 Å². The number of aryl methyl sites for hydroxylation is 1. The summed E-state index contributed by atoms with van der Waals surface area (Å²) >= 11 is 0. The van der Waals surface area contributed by atoms with Gasteiger partial charge in [0.15, 0.2) is 6.23 Å². The van der Waals surface area contributed by atoms with Crippen LogP contribution in [0.2, 0.25) is 0 Å². The molecule has 1 aromatic carbocycles. The van der Waals surface area contributed by atoms with Crippen LogP contribution in [0, 0.1) is 6.92 Å². The third kappa shape index (κ3) is 1.89. The van der Waals surface area contributed by atoms with Crippen molar-refractivity contribution in [3.63, 3.8) is 0 Å². The van der Waals surface area contributed by atoms with Gasteiger partial charge in [0.2, 0.25) is 0 Å². The van der Waals surface area contributed by atoms with E-state index < -0.39 is 0 Å². The molecular weight excluding hydrogens is 230 g/mol. The van der Waals surface area contributed by atoms with Crippen LogP contribution in [-0.4, -0.2) is 26.7 Å². The number of ether oxygens (including phenoxy) is 1. The Kier molecular flexibility index (Phi) is 3.01. The summed E-state index contributed by atoms with van der Waals surface area (Å²) < 4.78 is 5.67. The summed E-state index contributed by atoms with van der Waals surface area (Å²) in [5.41, 5.74) is 3.50. The number of aliphatic hydroxyl groups excluding tert-OH is 1. The standard InChI is InChI=1S/C13H17N3O2/c1-9-5-6-11-13(10(9)8-17)15-16(14-11)12-4-2-3-7-18-12/h5-6,12,17H,2-4,7-8H2,1H3. The Labute approximate surface area is 105 Å². The maximum Gasteiger partial charge on any atom is 0.169 e. The summed E-state index contributed by atoms with van der Waals surface area (Å²) in [6, 6.07) is 3.91. The second-order valence-electron chi connectivity index (χ2n) is 4.73. The molecule has 1 aliphatic heterocycles. The van der Waals surface area contributed by atoms with Gasteiger partial charge in [0, 0.05) is 12.2 Å². The van der Waals surface area contributed by atoms with Crippen LogP contribution in [-0.2, 0) is 11.3 Å². The Morgan fingerprint density at radius 3 is 3.00 bits per heavy atom. The summed E-state index contributed by atoms with van der Waals surface area (Å²) in [5, 5.41) is 18.4. The van der Waals surface area contributed by atoms with Crippen LogP contribution in [0.3, 0.4) is 0 Å². The molecule has 2 heterocycles. The van der Waals surface area contributed by atoms with Crippen LogP contribution in [0.1, 0.15) is 36.6 Å². The molecule has 0 saturated carbocycles. The lowest BCUT2D eigenvalue weighted by Gasteiger charge is -2.21. The van der Waals surface area contributed by atoms with E-state index >= 15 is 0 Å². The molecule has 3 rings (SSSR count). The number of rotatable bonds is 2. The molecule has 1 saturated heterocycles. The van der Waals surface area contributed by atoms with Gasteiger partial charge in [0.1, 0.15) is 11.0 Å². The fourth-order valence-corrected chi connectivity index (χ4v) is 2.39. The maximum atomic E-state index is 9.43. The molecule has 1 N–H and O–H groups in total. The largest absolute Gasteiger partial charge is 0.392 e. The van der Waals surface area contributed by atoms with Crippen molar-refractivity contribution in [2.24, 2.45) is 0 Å². The predicted molar refractivity (Wildman–Crippen MR) is 67.0 cm³/mol. The van der Waals surface area contributed by atoms with E-state index in [9.17, 15) is 5.11 Å². The normalized spacial score (nSPS) is 20.4. The van der Waals surface area contributed by atoms with Crippen molar-refractivity contribution in [2.75, 3.05) is 6.61 Å². The van der Waals surface area contributed by atoms with Gasteiger partial charge >= 0.3 is 0 Å². The van der Waals surface area contributed by atoms with E-state index in [0.29, 0.717) is 0 Å². The first-order chi connectivity index (χ1) is 8.79. The number of aliphatic hydroxyl groups is 1. The van der Waals surface area contributed by atoms with Crippen molar-refractivity contribution in [2.45, 2.75) is 39.0 Å². The lowest BCUT2D eigenvalue weighted by molar-refractivity contribution is -0.0474. The number of nitrogens with zero attached hydrogens (tertiary/aromatic N) is 3. The fraction of sp³-hybridized carbons (Fsp3) is 0.538. The third-order valence-corrected chi connectivity index (χ3v) is 3.48. The molecule has 0 bridgehead atoms. The zero-order valence-corrected chi connectivity index (χ0v) is 10.5. The topological polar surface area (TPSA) is 60.2 Å². The zero-order valence-electron chi connectivity index (χ0n) is 10.5. The van der Waals surface area contributed by atoms with Crippen molar-refractivity contribution >= 4 is 11.0 Å². The van der Waals surface area contributed by atoms with Crippen LogP contribution in [0.4, 0.5) is 0 Å². The number of fused-ring (bicyclic) bond motifs is 1. The van der Waals surface area contributed by atoms with E-state index in [1.165, 1.54) is 0 Å². The second-order valence-corrected chi connectivity index (χ2v) is 4.73. The van der Waals surface area contributed by atoms with Crippen LogP contribution < -0.4 is 0 Å². The highest BCUT2D eigenvalue weighted by molar-refractivity contribution is 5.78. The van der Waals surface area contributed by atoms with Gasteiger partial charge in [-0.3, -0.25) is 0 Å². The quantitative estimate of drug-likeness (QED) is 0.881. The molecule has 0 amide bonds. The molecule has 5 nitrogen and oxygen atoms in total. The minimum atomic E-state index is -0.0574. The molecule has 1 aromatic heterocycles. The van der Waals surface area contributed by atoms with E-state index in [0.717, 1.165) is 48.0 Å². The number of hydrogen-bond donors (Lipinski definition) is 1. The summed E-state index contributed by atoms with van der Waals surface area (Å²) in [7, 11) is 0. The first kappa shape index (κ1) is 11.6. The molecule has 18 heavy (non-hydrogen) atoms. The third-order valence-electron chi connectivity index (χ3n) is 3.48. The second kappa shape index (κ2) is 4.66. The fourth-order valence-electron chi connectivity index (χ4n) is 2.39. The first-order valence-electron chi connectivity index (χ1n) is 6.37. The van der Waals surface area contributed by atoms with Crippen molar-refractivity contribution in [1.82, 2.24) is 15.0 Å². The van der Waals surface area contributed by atoms with Gasteiger partial charge in [0.25, 0.3) is 0 Å². The molecule has 1 aliphatic rings. The smallest absolute Gasteiger partial charge is 0.169 e. The number of hydrogen-bond acceptors (Lipinski definition) is 4. The summed E-state index contributed by atoms with van der Waals surface area (Å²) in [6.07, 6.45) is 3.15. The van der Waals surface area contributed by atoms with Crippen LogP contribution in [0.5, 0.6) is 0 Å². The van der Waals surface area contributed by atoms with Gasteiger partial charge in [-0.1, -0.05) is 6.07 Å². The lowest BCUT2D eigenvalue weighted by atomic mass is 10.1. The molecule has 0 spiro atoms. The predicted octanol–water partition coefficient (Wildman–Crippen LogP) is 1.93. The summed E-state index contributed by atoms with van der Waals surface area (Å²) in [5.74, 6) is 0. The molecule has 5 heteroatoms. The minimum Gasteiger partial charge on any atom is -0.392 e. The zero-order chi connectivity index (χ0) is 12.5. The molecule has 2 aromatic rings. The Balaban J connectivity index is 2.04. The first-order valence-corrected chi connectivity index (χ1v) is 6.37. The summed E-state index contributed by atoms with van der Waals surface area (Å²) in [4.78, 5) is 1.66. The Hall–Kier alpha value is -1.46. The van der Waals surface area contributed by atoms with E-state index in [2.05, 4.69) is 10.2 Å². The minimum absolute atomic E-state index is 0.00656. The molecule has 0 radical (unpaired) electrons. The number of benzene rings is 1. The van der Waals surface area contributed by atoms with Gasteiger partial charge in [-0.05, 0) is 37.8 Å². The van der Waals surface area contributed by atoms with E-state index in [1.54, 1.807) is 4.80 Å². The van der Waals surface area contributed by atoms with Crippen LogP contribution >= 0.6 is 0 Å². The average molecular weight is 247 g/mol. The van der Waals surface area contributed by atoms with Gasteiger partial charge in [0.05, 0.1) is 6.61 Å². The molecule has 96 valence electrons. The molecule has 1 unspecified atom stereocenters. The maximum absolute atomic E-state index is 9.43. The van der Waals surface area contributed by atoms with Crippen LogP contribution in [0.15, 0.2) is 12.1 Å². The highest BCUT2D eigenvalue weighted by Crippen LogP contribution is 2.24. The van der Waals surface area contributed by atoms with Crippen molar-refractivity contribution < 1.29 is 9.84 Å². The highest BCUT2D eigenvalue weighted by atomic mass is 16.5. The lowest BCUT2D eigenvalue weighted by Crippen LogP contribution is -2.20. The highest BCUT2D eigenvalue weighted by Gasteiger charge is 2.19. The molecule has 1 atom stereocenters. The summed E-state index contributed by atoms with van der Waals surface area (Å²) in [6.45, 7) is 2.74. The average Bonchev–Trinajstić information content (AvgIpc) is 2.84. The number of aromatic nitrogens is 3. The molecule has 1 fully saturated rings. The van der Waals surface area contributed by atoms with Gasteiger partial charge in [-0.15, -0.1) is 0 Å². The van der Waals surface area contributed by atoms with E-state index in [1.807, 2.05) is 19.1 Å². The van der Waals surface area contributed by atoms with E-state index in [4.69, 9.17) is 4.74 Å². The van der Waals surface area contributed by atoms with Gasteiger partial charge < -0.3 is 9.84 Å². The molecular formula is C13H17N3O2. The Morgan fingerprint density at radius 1 is 1.39 bits per heavy atom. The van der Waals surface area contributed by atoms with Crippen molar-refractivity contribution in [3.8, 4) is 0 Å². The van der Waals surface area contributed by atoms with Gasteiger partial charge in [-0.2, -0.15) is 15.0 Å².